The molecule has 0 aliphatic rings. The first-order valence-electron chi connectivity index (χ1n) is 8.86. The van der Waals surface area contributed by atoms with E-state index >= 15 is 0 Å². The lowest BCUT2D eigenvalue weighted by Gasteiger charge is -2.17. The highest BCUT2D eigenvalue weighted by molar-refractivity contribution is 5.84. The van der Waals surface area contributed by atoms with Crippen molar-refractivity contribution in [2.75, 3.05) is 0 Å². The summed E-state index contributed by atoms with van der Waals surface area (Å²) >= 11 is 0. The van der Waals surface area contributed by atoms with Gasteiger partial charge >= 0.3 is 12.4 Å². The van der Waals surface area contributed by atoms with Crippen molar-refractivity contribution in [3.05, 3.63) is 35.7 Å². The Morgan fingerprint density at radius 1 is 0.935 bits per heavy atom. The van der Waals surface area contributed by atoms with Gasteiger partial charge in [-0.2, -0.15) is 31.4 Å². The Bertz CT molecular complexity index is 927. The summed E-state index contributed by atoms with van der Waals surface area (Å²) in [6, 6.07) is 1.05. The van der Waals surface area contributed by atoms with Gasteiger partial charge in [0.05, 0.1) is 17.7 Å². The van der Waals surface area contributed by atoms with Gasteiger partial charge in [0.15, 0.2) is 5.82 Å². The SMILES string of the molecule is CC(C)(C)C(=O)NNC(=O)CCn1cnc(-c2cc(C(F)(F)F)cc(C(F)(F)F)c2)n1. The maximum atomic E-state index is 13.0. The third-order valence-electron chi connectivity index (χ3n) is 3.95. The first-order chi connectivity index (χ1) is 14.1. The van der Waals surface area contributed by atoms with Gasteiger partial charge in [0, 0.05) is 17.4 Å². The van der Waals surface area contributed by atoms with E-state index < -0.39 is 46.3 Å². The smallest absolute Gasteiger partial charge is 0.273 e. The van der Waals surface area contributed by atoms with Crippen LogP contribution >= 0.6 is 0 Å². The number of aromatic nitrogens is 3. The van der Waals surface area contributed by atoms with Crippen LogP contribution in [0.1, 0.15) is 38.3 Å². The van der Waals surface area contributed by atoms with Crippen LogP contribution in [0.4, 0.5) is 26.3 Å². The fraction of sp³-hybridized carbons (Fsp3) is 0.444. The quantitative estimate of drug-likeness (QED) is 0.550. The maximum absolute atomic E-state index is 13.0. The van der Waals surface area contributed by atoms with Crippen molar-refractivity contribution in [2.24, 2.45) is 5.41 Å². The molecular weight excluding hydrogens is 432 g/mol. The molecule has 2 amide bonds. The predicted octanol–water partition coefficient (Wildman–Crippen LogP) is 3.57. The summed E-state index contributed by atoms with van der Waals surface area (Å²) in [5.41, 5.74) is 0.265. The number of aryl methyl sites for hydroxylation is 1. The van der Waals surface area contributed by atoms with Crippen molar-refractivity contribution in [3.8, 4) is 11.4 Å². The Hall–Kier alpha value is -3.12. The van der Waals surface area contributed by atoms with E-state index in [1.165, 1.54) is 0 Å². The molecule has 0 bridgehead atoms. The molecule has 0 saturated carbocycles. The van der Waals surface area contributed by atoms with E-state index in [2.05, 4.69) is 20.9 Å². The van der Waals surface area contributed by atoms with Gasteiger partial charge in [0.2, 0.25) is 11.8 Å². The van der Waals surface area contributed by atoms with Crippen LogP contribution in [0, 0.1) is 5.41 Å². The van der Waals surface area contributed by atoms with Crippen LogP contribution in [-0.2, 0) is 28.5 Å². The molecule has 170 valence electrons. The van der Waals surface area contributed by atoms with Crippen molar-refractivity contribution in [3.63, 3.8) is 0 Å². The second-order valence-electron chi connectivity index (χ2n) is 7.63. The fourth-order valence-corrected chi connectivity index (χ4v) is 2.21. The summed E-state index contributed by atoms with van der Waals surface area (Å²) in [4.78, 5) is 27.2. The summed E-state index contributed by atoms with van der Waals surface area (Å²) in [5, 5.41) is 3.84. The number of alkyl halides is 6. The lowest BCUT2D eigenvalue weighted by Crippen LogP contribution is -2.46. The topological polar surface area (TPSA) is 88.9 Å². The molecule has 1 heterocycles. The minimum Gasteiger partial charge on any atom is -0.273 e. The Balaban J connectivity index is 2.12. The predicted molar refractivity (Wildman–Crippen MR) is 95.8 cm³/mol. The zero-order valence-electron chi connectivity index (χ0n) is 16.6. The van der Waals surface area contributed by atoms with Gasteiger partial charge in [-0.15, -0.1) is 0 Å². The number of hydrogen-bond acceptors (Lipinski definition) is 4. The van der Waals surface area contributed by atoms with Gasteiger partial charge in [0.1, 0.15) is 6.33 Å². The Morgan fingerprint density at radius 2 is 1.48 bits per heavy atom. The molecule has 0 fully saturated rings. The van der Waals surface area contributed by atoms with E-state index in [-0.39, 0.29) is 24.9 Å². The van der Waals surface area contributed by atoms with Crippen LogP contribution in [0.5, 0.6) is 0 Å². The van der Waals surface area contributed by atoms with Crippen LogP contribution < -0.4 is 10.9 Å². The van der Waals surface area contributed by atoms with Crippen LogP contribution in [0.3, 0.4) is 0 Å². The number of nitrogens with one attached hydrogen (secondary N) is 2. The first-order valence-corrected chi connectivity index (χ1v) is 8.86. The summed E-state index contributed by atoms with van der Waals surface area (Å²) in [6.45, 7) is 4.85. The zero-order valence-corrected chi connectivity index (χ0v) is 16.6. The number of hydrogen-bond donors (Lipinski definition) is 2. The molecule has 2 N–H and O–H groups in total. The molecule has 0 aliphatic heterocycles. The largest absolute Gasteiger partial charge is 0.416 e. The molecule has 2 aromatic rings. The Labute approximate surface area is 172 Å². The van der Waals surface area contributed by atoms with Crippen molar-refractivity contribution >= 4 is 11.8 Å². The Kier molecular flexibility index (Phi) is 6.66. The standard InChI is InChI=1S/C18H19F6N5O2/c1-16(2,3)15(31)27-26-13(30)4-5-29-9-25-14(28-29)10-6-11(17(19,20)21)8-12(7-10)18(22,23)24/h6-9H,4-5H2,1-3H3,(H,26,30)(H,27,31). The van der Waals surface area contributed by atoms with E-state index in [9.17, 15) is 35.9 Å². The number of benzene rings is 1. The summed E-state index contributed by atoms with van der Waals surface area (Å²) in [7, 11) is 0. The van der Waals surface area contributed by atoms with E-state index in [1.54, 1.807) is 20.8 Å². The minimum atomic E-state index is -4.99. The first kappa shape index (κ1) is 24.2. The van der Waals surface area contributed by atoms with Crippen molar-refractivity contribution < 1.29 is 35.9 Å². The molecule has 7 nitrogen and oxygen atoms in total. The molecule has 0 aliphatic carbocycles. The highest BCUT2D eigenvalue weighted by atomic mass is 19.4. The third kappa shape index (κ3) is 6.69. The summed E-state index contributed by atoms with van der Waals surface area (Å²) < 4.78 is 79.0. The molecule has 2 rings (SSSR count). The van der Waals surface area contributed by atoms with E-state index in [0.717, 1.165) is 11.0 Å². The number of nitrogens with zero attached hydrogens (tertiary/aromatic N) is 3. The molecule has 0 saturated heterocycles. The second kappa shape index (κ2) is 8.55. The highest BCUT2D eigenvalue weighted by Crippen LogP contribution is 2.38. The average Bonchev–Trinajstić information content (AvgIpc) is 3.11. The number of amides is 2. The van der Waals surface area contributed by atoms with Gasteiger partial charge in [-0.25, -0.2) is 4.98 Å². The van der Waals surface area contributed by atoms with Crippen molar-refractivity contribution in [1.82, 2.24) is 25.6 Å². The molecule has 1 aromatic carbocycles. The van der Waals surface area contributed by atoms with Crippen LogP contribution in [0.25, 0.3) is 11.4 Å². The maximum Gasteiger partial charge on any atom is 0.416 e. The summed E-state index contributed by atoms with van der Waals surface area (Å²) in [5.74, 6) is -1.36. The number of carbonyl (C=O) groups is 2. The van der Waals surface area contributed by atoms with E-state index in [4.69, 9.17) is 0 Å². The van der Waals surface area contributed by atoms with Crippen LogP contribution in [0.15, 0.2) is 24.5 Å². The Morgan fingerprint density at radius 3 is 1.97 bits per heavy atom. The molecular formula is C18H19F6N5O2. The molecule has 1 aromatic heterocycles. The average molecular weight is 451 g/mol. The number of halogens is 6. The van der Waals surface area contributed by atoms with Crippen LogP contribution in [0.2, 0.25) is 0 Å². The van der Waals surface area contributed by atoms with Gasteiger partial charge < -0.3 is 0 Å². The van der Waals surface area contributed by atoms with Crippen molar-refractivity contribution in [2.45, 2.75) is 46.1 Å². The fourth-order valence-electron chi connectivity index (χ4n) is 2.21. The molecule has 0 spiro atoms. The number of hydrazine groups is 1. The monoisotopic (exact) mass is 451 g/mol. The lowest BCUT2D eigenvalue weighted by molar-refractivity contribution is -0.143. The van der Waals surface area contributed by atoms with Crippen LogP contribution in [-0.4, -0.2) is 26.6 Å². The normalized spacial score (nSPS) is 12.5. The van der Waals surface area contributed by atoms with Gasteiger partial charge in [0.25, 0.3) is 0 Å². The molecule has 0 radical (unpaired) electrons. The molecule has 0 unspecified atom stereocenters. The second-order valence-corrected chi connectivity index (χ2v) is 7.63. The van der Waals surface area contributed by atoms with Gasteiger partial charge in [-0.1, -0.05) is 20.8 Å². The molecule has 0 atom stereocenters. The van der Waals surface area contributed by atoms with Gasteiger partial charge in [-0.05, 0) is 18.2 Å². The highest BCUT2D eigenvalue weighted by Gasteiger charge is 2.37. The van der Waals surface area contributed by atoms with Gasteiger partial charge in [-0.3, -0.25) is 25.1 Å². The molecule has 13 heteroatoms. The zero-order chi connectivity index (χ0) is 23.6. The number of rotatable bonds is 4. The lowest BCUT2D eigenvalue weighted by atomic mass is 9.96. The van der Waals surface area contributed by atoms with E-state index in [1.807, 2.05) is 0 Å². The van der Waals surface area contributed by atoms with Crippen molar-refractivity contribution in [1.29, 1.82) is 0 Å². The minimum absolute atomic E-state index is 0.0106. The summed E-state index contributed by atoms with van der Waals surface area (Å²) in [6.07, 6.45) is -9.09. The number of carbonyl (C=O) groups excluding carboxylic acids is 2. The third-order valence-corrected chi connectivity index (χ3v) is 3.95. The van der Waals surface area contributed by atoms with E-state index in [0.29, 0.717) is 12.1 Å². The molecule has 31 heavy (non-hydrogen) atoms.